The number of alkyl halides is 3. The molecule has 3 aromatic rings. The Balaban J connectivity index is 1.54. The first-order valence-corrected chi connectivity index (χ1v) is 12.3. The van der Waals surface area contributed by atoms with Crippen molar-refractivity contribution < 1.29 is 45.5 Å². The normalized spacial score (nSPS) is 20.5. The number of aromatic nitrogens is 2. The van der Waals surface area contributed by atoms with Crippen LogP contribution in [0.2, 0.25) is 0 Å². The minimum atomic E-state index is -4.80. The third-order valence-corrected chi connectivity index (χ3v) is 7.30. The first-order chi connectivity index (χ1) is 19.3. The topological polar surface area (TPSA) is 101 Å². The Kier molecular flexibility index (Phi) is 6.95. The molecule has 14 heteroatoms. The summed E-state index contributed by atoms with van der Waals surface area (Å²) in [7, 11) is 0. The number of alkyl carbamates (subject to hydrolysis) is 1. The van der Waals surface area contributed by atoms with Gasteiger partial charge in [0, 0.05) is 24.9 Å². The first kappa shape index (κ1) is 28.1. The summed E-state index contributed by atoms with van der Waals surface area (Å²) in [6.45, 7) is 0.300. The van der Waals surface area contributed by atoms with Crippen molar-refractivity contribution in [1.82, 2.24) is 20.2 Å². The smallest absolute Gasteiger partial charge is 0.415 e. The van der Waals surface area contributed by atoms with Crippen molar-refractivity contribution in [2.24, 2.45) is 0 Å². The molecule has 1 N–H and O–H groups in total. The Hall–Kier alpha value is -4.49. The van der Waals surface area contributed by atoms with E-state index in [2.05, 4.69) is 9.97 Å². The van der Waals surface area contributed by atoms with E-state index in [0.29, 0.717) is 11.2 Å². The van der Waals surface area contributed by atoms with Crippen molar-refractivity contribution in [2.75, 3.05) is 0 Å². The van der Waals surface area contributed by atoms with E-state index in [1.54, 1.807) is 0 Å². The van der Waals surface area contributed by atoms with Crippen LogP contribution in [0, 0.1) is 17.7 Å². The van der Waals surface area contributed by atoms with Gasteiger partial charge in [-0.05, 0) is 41.7 Å². The van der Waals surface area contributed by atoms with Crippen LogP contribution < -0.4 is 5.32 Å². The number of ether oxygens (including phenoxy) is 1. The third kappa shape index (κ3) is 5.09. The van der Waals surface area contributed by atoms with Crippen molar-refractivity contribution >= 4 is 17.9 Å². The average Bonchev–Trinajstić information content (AvgIpc) is 3.36. The number of hydrogen-bond acceptors (Lipinski definition) is 6. The summed E-state index contributed by atoms with van der Waals surface area (Å²) in [5.41, 5.74) is -2.03. The SMILES string of the molecule is C[C@H](N(Cc1ccc(F)cc1)C(=O)CC1C[C@@]2(OC(=O)NC2=O)c2ccc(-c3c(F)ncnc3F)cc21)C(F)(F)F. The van der Waals surface area contributed by atoms with Crippen LogP contribution >= 0.6 is 0 Å². The van der Waals surface area contributed by atoms with Gasteiger partial charge in [-0.15, -0.1) is 0 Å². The highest BCUT2D eigenvalue weighted by atomic mass is 19.4. The molecule has 1 fully saturated rings. The number of benzene rings is 2. The molecule has 214 valence electrons. The number of imide groups is 1. The van der Waals surface area contributed by atoms with Gasteiger partial charge in [-0.2, -0.15) is 22.0 Å². The van der Waals surface area contributed by atoms with Crippen molar-refractivity contribution in [3.63, 3.8) is 0 Å². The molecular weight excluding hydrogens is 558 g/mol. The summed E-state index contributed by atoms with van der Waals surface area (Å²) < 4.78 is 88.9. The summed E-state index contributed by atoms with van der Waals surface area (Å²) >= 11 is 0. The average molecular weight is 578 g/mol. The number of carbonyl (C=O) groups is 3. The van der Waals surface area contributed by atoms with Gasteiger partial charge >= 0.3 is 12.3 Å². The van der Waals surface area contributed by atoms with Crippen LogP contribution in [0.5, 0.6) is 0 Å². The van der Waals surface area contributed by atoms with E-state index in [9.17, 15) is 40.7 Å². The van der Waals surface area contributed by atoms with Gasteiger partial charge in [0.25, 0.3) is 5.91 Å². The molecule has 1 aliphatic heterocycles. The van der Waals surface area contributed by atoms with Gasteiger partial charge in [-0.1, -0.05) is 30.3 Å². The molecule has 2 aromatic carbocycles. The van der Waals surface area contributed by atoms with Crippen LogP contribution in [0.4, 0.5) is 31.1 Å². The van der Waals surface area contributed by atoms with Gasteiger partial charge in [0.05, 0.1) is 5.56 Å². The number of hydrogen-bond donors (Lipinski definition) is 1. The maximum absolute atomic E-state index is 14.4. The largest absolute Gasteiger partial charge is 0.427 e. The maximum Gasteiger partial charge on any atom is 0.415 e. The zero-order valence-electron chi connectivity index (χ0n) is 21.1. The summed E-state index contributed by atoms with van der Waals surface area (Å²) in [5.74, 6) is -5.80. The molecule has 41 heavy (non-hydrogen) atoms. The van der Waals surface area contributed by atoms with Gasteiger partial charge in [-0.3, -0.25) is 14.9 Å². The molecule has 0 saturated carbocycles. The number of halogens is 6. The van der Waals surface area contributed by atoms with Crippen LogP contribution in [0.15, 0.2) is 48.8 Å². The van der Waals surface area contributed by atoms with Gasteiger partial charge < -0.3 is 9.64 Å². The van der Waals surface area contributed by atoms with Gasteiger partial charge in [-0.25, -0.2) is 19.2 Å². The summed E-state index contributed by atoms with van der Waals surface area (Å²) in [6.07, 6.45) is -6.08. The van der Waals surface area contributed by atoms with Crippen LogP contribution in [0.25, 0.3) is 11.1 Å². The molecule has 1 aliphatic carbocycles. The molecule has 1 unspecified atom stereocenters. The lowest BCUT2D eigenvalue weighted by atomic mass is 9.93. The number of nitrogens with one attached hydrogen (secondary N) is 1. The van der Waals surface area contributed by atoms with Crippen molar-refractivity contribution in [1.29, 1.82) is 0 Å². The molecule has 1 saturated heterocycles. The molecule has 3 atom stereocenters. The lowest BCUT2D eigenvalue weighted by molar-refractivity contribution is -0.187. The first-order valence-electron chi connectivity index (χ1n) is 12.3. The lowest BCUT2D eigenvalue weighted by Crippen LogP contribution is -2.46. The fourth-order valence-electron chi connectivity index (χ4n) is 5.22. The highest BCUT2D eigenvalue weighted by molar-refractivity contribution is 6.04. The molecular formula is C27H20F6N4O4. The maximum atomic E-state index is 14.4. The molecule has 2 heterocycles. The zero-order chi connectivity index (χ0) is 29.7. The van der Waals surface area contributed by atoms with Crippen LogP contribution in [-0.4, -0.2) is 45.0 Å². The Bertz CT molecular complexity index is 1530. The van der Waals surface area contributed by atoms with E-state index in [4.69, 9.17) is 4.74 Å². The summed E-state index contributed by atoms with van der Waals surface area (Å²) in [4.78, 5) is 45.5. The number of nitrogens with zero attached hydrogens (tertiary/aromatic N) is 3. The van der Waals surface area contributed by atoms with Gasteiger partial charge in [0.2, 0.25) is 23.4 Å². The highest BCUT2D eigenvalue weighted by Crippen LogP contribution is 2.51. The quantitative estimate of drug-likeness (QED) is 0.331. The lowest BCUT2D eigenvalue weighted by Gasteiger charge is -2.32. The second-order valence-corrected chi connectivity index (χ2v) is 9.77. The molecule has 8 nitrogen and oxygen atoms in total. The Morgan fingerprint density at radius 3 is 2.34 bits per heavy atom. The third-order valence-electron chi connectivity index (χ3n) is 7.30. The van der Waals surface area contributed by atoms with Gasteiger partial charge in [0.15, 0.2) is 0 Å². The van der Waals surface area contributed by atoms with E-state index in [-0.39, 0.29) is 28.7 Å². The fourth-order valence-corrected chi connectivity index (χ4v) is 5.22. The minimum absolute atomic E-state index is 0.0644. The number of fused-ring (bicyclic) bond motifs is 2. The van der Waals surface area contributed by atoms with Crippen molar-refractivity contribution in [3.05, 3.63) is 83.2 Å². The molecule has 1 spiro atoms. The van der Waals surface area contributed by atoms with Gasteiger partial charge in [0.1, 0.15) is 18.2 Å². The summed E-state index contributed by atoms with van der Waals surface area (Å²) in [6, 6.07) is 6.18. The second-order valence-electron chi connectivity index (χ2n) is 9.77. The predicted molar refractivity (Wildman–Crippen MR) is 128 cm³/mol. The Morgan fingerprint density at radius 2 is 1.76 bits per heavy atom. The molecule has 1 aromatic heterocycles. The van der Waals surface area contributed by atoms with Crippen LogP contribution in [-0.2, 0) is 26.5 Å². The standard InChI is InChI=1S/C27H20F6N4O4/c1-13(27(31,32)33)37(11-14-2-5-17(28)6-3-14)20(38)9-16-10-26(24(39)36-25(40)41-26)19-7-4-15(8-18(16)19)21-22(29)34-12-35-23(21)30/h2-8,12-13,16H,9-11H2,1H3,(H,36,39,40)/t13-,16?,26+/m0/s1. The number of amides is 3. The predicted octanol–water partition coefficient (Wildman–Crippen LogP) is 4.88. The Labute approximate surface area is 228 Å². The minimum Gasteiger partial charge on any atom is -0.427 e. The molecule has 3 amide bonds. The van der Waals surface area contributed by atoms with Crippen molar-refractivity contribution in [2.45, 2.75) is 50.0 Å². The van der Waals surface area contributed by atoms with Crippen LogP contribution in [0.1, 0.15) is 42.4 Å². The van der Waals surface area contributed by atoms with Crippen LogP contribution in [0.3, 0.4) is 0 Å². The van der Waals surface area contributed by atoms with E-state index in [0.717, 1.165) is 19.1 Å². The fraction of sp³-hybridized carbons (Fsp3) is 0.296. The monoisotopic (exact) mass is 578 g/mol. The van der Waals surface area contributed by atoms with Crippen molar-refractivity contribution in [3.8, 4) is 11.1 Å². The van der Waals surface area contributed by atoms with E-state index < -0.39 is 77.9 Å². The van der Waals surface area contributed by atoms with E-state index >= 15 is 0 Å². The Morgan fingerprint density at radius 1 is 1.10 bits per heavy atom. The number of rotatable bonds is 6. The summed E-state index contributed by atoms with van der Waals surface area (Å²) in [5, 5.41) is 2.01. The van der Waals surface area contributed by atoms with E-state index in [1.807, 2.05) is 5.32 Å². The zero-order valence-corrected chi connectivity index (χ0v) is 21.1. The molecule has 5 rings (SSSR count). The van der Waals surface area contributed by atoms with E-state index in [1.165, 1.54) is 30.3 Å². The molecule has 2 aliphatic rings. The second kappa shape index (κ2) is 10.2. The molecule has 0 radical (unpaired) electrons. The molecule has 0 bridgehead atoms. The number of carbonyl (C=O) groups excluding carboxylic acids is 3. The highest BCUT2D eigenvalue weighted by Gasteiger charge is 2.57.